The Morgan fingerprint density at radius 1 is 1.40 bits per heavy atom. The van der Waals surface area contributed by atoms with Crippen LogP contribution >= 0.6 is 0 Å². The zero-order valence-electron chi connectivity index (χ0n) is 9.49. The van der Waals surface area contributed by atoms with Gasteiger partial charge in [-0.15, -0.1) is 0 Å². The Balaban J connectivity index is 3.12. The molecule has 0 radical (unpaired) electrons. The zero-order chi connectivity index (χ0) is 11.6. The van der Waals surface area contributed by atoms with Crippen LogP contribution in [0.4, 0.5) is 0 Å². The lowest BCUT2D eigenvalue weighted by Gasteiger charge is -2.30. The highest BCUT2D eigenvalue weighted by Crippen LogP contribution is 2.36. The number of aliphatic hydroxyl groups is 1. The summed E-state index contributed by atoms with van der Waals surface area (Å²) in [7, 11) is 0. The number of phenolic OH excluding ortho intramolecular Hbond substituents is 1. The normalized spacial score (nSPS) is 13.9. The van der Waals surface area contributed by atoms with E-state index in [1.54, 1.807) is 6.07 Å². The van der Waals surface area contributed by atoms with Gasteiger partial charge in [-0.1, -0.05) is 32.0 Å². The first-order valence-electron chi connectivity index (χ1n) is 5.05. The second-order valence-corrected chi connectivity index (χ2v) is 4.64. The predicted molar refractivity (Wildman–Crippen MR) is 60.6 cm³/mol. The van der Waals surface area contributed by atoms with Crippen molar-refractivity contribution < 1.29 is 10.2 Å². The van der Waals surface area contributed by atoms with Crippen LogP contribution in [0.3, 0.4) is 0 Å². The Kier molecular flexibility index (Phi) is 3.37. The molecule has 3 nitrogen and oxygen atoms in total. The Morgan fingerprint density at radius 2 is 2.00 bits per heavy atom. The third-order valence-electron chi connectivity index (χ3n) is 2.85. The largest absolute Gasteiger partial charge is 0.507 e. The first-order valence-corrected chi connectivity index (χ1v) is 5.05. The van der Waals surface area contributed by atoms with E-state index in [-0.39, 0.29) is 18.4 Å². The van der Waals surface area contributed by atoms with Crippen LogP contribution in [0.1, 0.15) is 31.0 Å². The quantitative estimate of drug-likeness (QED) is 0.710. The minimum Gasteiger partial charge on any atom is -0.507 e. The first kappa shape index (κ1) is 12.0. The maximum atomic E-state index is 9.87. The number of para-hydroxylation sites is 1. The average molecular weight is 209 g/mol. The van der Waals surface area contributed by atoms with Crippen LogP contribution in [0.5, 0.6) is 5.75 Å². The first-order chi connectivity index (χ1) is 6.90. The lowest BCUT2D eigenvalue weighted by atomic mass is 9.81. The highest BCUT2D eigenvalue weighted by molar-refractivity contribution is 5.41. The van der Waals surface area contributed by atoms with E-state index in [1.165, 1.54) is 0 Å². The number of hydrogen-bond acceptors (Lipinski definition) is 3. The third-order valence-corrected chi connectivity index (χ3v) is 2.85. The van der Waals surface area contributed by atoms with Crippen molar-refractivity contribution in [2.45, 2.75) is 26.8 Å². The van der Waals surface area contributed by atoms with E-state index in [2.05, 4.69) is 0 Å². The zero-order valence-corrected chi connectivity index (χ0v) is 9.49. The number of aliphatic hydroxyl groups excluding tert-OH is 1. The van der Waals surface area contributed by atoms with E-state index in [0.29, 0.717) is 5.56 Å². The molecule has 0 aliphatic rings. The molecule has 0 aliphatic carbocycles. The summed E-state index contributed by atoms with van der Waals surface area (Å²) in [5.74, 6) is 0.228. The van der Waals surface area contributed by atoms with Crippen molar-refractivity contribution in [1.82, 2.24) is 0 Å². The number of aromatic hydroxyl groups is 1. The fraction of sp³-hybridized carbons (Fsp3) is 0.500. The molecular formula is C12H19NO2. The van der Waals surface area contributed by atoms with E-state index >= 15 is 0 Å². The maximum absolute atomic E-state index is 9.87. The summed E-state index contributed by atoms with van der Waals surface area (Å²) >= 11 is 0. The SMILES string of the molecule is Cc1cccc([C@@H](N)C(C)(C)CO)c1O. The molecule has 0 heterocycles. The molecule has 0 saturated carbocycles. The smallest absolute Gasteiger partial charge is 0.123 e. The Morgan fingerprint density at radius 3 is 2.53 bits per heavy atom. The lowest BCUT2D eigenvalue weighted by molar-refractivity contribution is 0.131. The fourth-order valence-electron chi connectivity index (χ4n) is 1.45. The Labute approximate surface area is 90.5 Å². The lowest BCUT2D eigenvalue weighted by Crippen LogP contribution is -2.32. The summed E-state index contributed by atoms with van der Waals surface area (Å²) < 4.78 is 0. The molecule has 0 aromatic heterocycles. The van der Waals surface area contributed by atoms with Crippen molar-refractivity contribution in [3.05, 3.63) is 29.3 Å². The Hall–Kier alpha value is -1.06. The van der Waals surface area contributed by atoms with E-state index in [4.69, 9.17) is 5.73 Å². The summed E-state index contributed by atoms with van der Waals surface area (Å²) in [5.41, 5.74) is 7.09. The van der Waals surface area contributed by atoms with Crippen molar-refractivity contribution >= 4 is 0 Å². The standard InChI is InChI=1S/C12H19NO2/c1-8-5-4-6-9(10(8)15)11(13)12(2,3)7-14/h4-6,11,14-15H,7,13H2,1-3H3/t11-/m1/s1. The summed E-state index contributed by atoms with van der Waals surface area (Å²) in [6, 6.07) is 5.11. The van der Waals surface area contributed by atoms with Gasteiger partial charge in [0.1, 0.15) is 5.75 Å². The fourth-order valence-corrected chi connectivity index (χ4v) is 1.45. The van der Waals surface area contributed by atoms with Gasteiger partial charge in [0.2, 0.25) is 0 Å². The van der Waals surface area contributed by atoms with Gasteiger partial charge in [0.15, 0.2) is 0 Å². The Bertz CT molecular complexity index is 347. The van der Waals surface area contributed by atoms with Gasteiger partial charge in [0.25, 0.3) is 0 Å². The van der Waals surface area contributed by atoms with Gasteiger partial charge in [-0.3, -0.25) is 0 Å². The molecule has 0 aliphatic heterocycles. The molecule has 0 spiro atoms. The molecule has 1 atom stereocenters. The highest BCUT2D eigenvalue weighted by atomic mass is 16.3. The average Bonchev–Trinajstić information content (AvgIpc) is 2.21. The van der Waals surface area contributed by atoms with Crippen LogP contribution in [0.2, 0.25) is 0 Å². The minimum absolute atomic E-state index is 0.0124. The molecule has 1 aromatic carbocycles. The predicted octanol–water partition coefficient (Wildman–Crippen LogP) is 1.72. The number of benzene rings is 1. The van der Waals surface area contributed by atoms with Crippen LogP contribution in [-0.2, 0) is 0 Å². The monoisotopic (exact) mass is 209 g/mol. The number of aryl methyl sites for hydroxylation is 1. The number of phenols is 1. The minimum atomic E-state index is -0.439. The molecule has 0 saturated heterocycles. The summed E-state index contributed by atoms with van der Waals surface area (Å²) in [5, 5.41) is 19.1. The van der Waals surface area contributed by atoms with Crippen molar-refractivity contribution in [2.75, 3.05) is 6.61 Å². The maximum Gasteiger partial charge on any atom is 0.123 e. The molecule has 0 bridgehead atoms. The van der Waals surface area contributed by atoms with Crippen molar-refractivity contribution in [2.24, 2.45) is 11.1 Å². The molecule has 4 N–H and O–H groups in total. The highest BCUT2D eigenvalue weighted by Gasteiger charge is 2.28. The number of rotatable bonds is 3. The van der Waals surface area contributed by atoms with Crippen LogP contribution in [0.25, 0.3) is 0 Å². The molecule has 1 rings (SSSR count). The molecule has 0 fully saturated rings. The van der Waals surface area contributed by atoms with E-state index in [0.717, 1.165) is 5.56 Å². The van der Waals surface area contributed by atoms with Crippen LogP contribution in [0, 0.1) is 12.3 Å². The summed E-state index contributed by atoms with van der Waals surface area (Å²) in [6.07, 6.45) is 0. The third kappa shape index (κ3) is 2.30. The number of hydrogen-bond donors (Lipinski definition) is 3. The van der Waals surface area contributed by atoms with Gasteiger partial charge in [-0.2, -0.15) is 0 Å². The molecular weight excluding hydrogens is 190 g/mol. The topological polar surface area (TPSA) is 66.5 Å². The molecule has 0 unspecified atom stereocenters. The van der Waals surface area contributed by atoms with Gasteiger partial charge in [-0.25, -0.2) is 0 Å². The van der Waals surface area contributed by atoms with E-state index in [1.807, 2.05) is 32.9 Å². The van der Waals surface area contributed by atoms with Gasteiger partial charge in [-0.05, 0) is 12.5 Å². The van der Waals surface area contributed by atoms with Gasteiger partial charge in [0, 0.05) is 23.6 Å². The van der Waals surface area contributed by atoms with Crippen molar-refractivity contribution in [3.63, 3.8) is 0 Å². The van der Waals surface area contributed by atoms with E-state index < -0.39 is 5.41 Å². The van der Waals surface area contributed by atoms with Crippen LogP contribution in [0.15, 0.2) is 18.2 Å². The van der Waals surface area contributed by atoms with Gasteiger partial charge >= 0.3 is 0 Å². The second kappa shape index (κ2) is 4.21. The molecule has 0 amide bonds. The summed E-state index contributed by atoms with van der Waals surface area (Å²) in [4.78, 5) is 0. The van der Waals surface area contributed by atoms with Crippen molar-refractivity contribution in [3.8, 4) is 5.75 Å². The molecule has 1 aromatic rings. The van der Waals surface area contributed by atoms with Crippen LogP contribution < -0.4 is 5.73 Å². The van der Waals surface area contributed by atoms with Crippen molar-refractivity contribution in [1.29, 1.82) is 0 Å². The van der Waals surface area contributed by atoms with Gasteiger partial charge < -0.3 is 15.9 Å². The number of nitrogens with two attached hydrogens (primary N) is 1. The van der Waals surface area contributed by atoms with Crippen LogP contribution in [-0.4, -0.2) is 16.8 Å². The molecule has 3 heteroatoms. The summed E-state index contributed by atoms with van der Waals surface area (Å²) in [6.45, 7) is 5.57. The molecule has 84 valence electrons. The van der Waals surface area contributed by atoms with E-state index in [9.17, 15) is 10.2 Å². The molecule has 15 heavy (non-hydrogen) atoms. The second-order valence-electron chi connectivity index (χ2n) is 4.64. The van der Waals surface area contributed by atoms with Gasteiger partial charge in [0.05, 0.1) is 0 Å².